The highest BCUT2D eigenvalue weighted by Crippen LogP contribution is 2.51. The van der Waals surface area contributed by atoms with E-state index in [1.54, 1.807) is 6.07 Å². The molecule has 0 aromatic heterocycles. The molecule has 2 aliphatic rings. The Balaban J connectivity index is 1.74. The summed E-state index contributed by atoms with van der Waals surface area (Å²) in [7, 11) is 0. The number of benzene rings is 4. The van der Waals surface area contributed by atoms with E-state index in [4.69, 9.17) is 9.73 Å². The maximum atomic E-state index is 13.1. The van der Waals surface area contributed by atoms with Crippen molar-refractivity contribution in [2.24, 2.45) is 4.99 Å². The van der Waals surface area contributed by atoms with Crippen LogP contribution in [0, 0.1) is 0 Å². The molecule has 0 spiro atoms. The number of ether oxygens (including phenoxy) is 1. The average molecular weight is 476 g/mol. The molecule has 1 aliphatic carbocycles. The van der Waals surface area contributed by atoms with Crippen LogP contribution in [0.15, 0.2) is 108 Å². The standard InChI is InChI=1S/C31H25NO4/c1-19(33)26-28(34)27-24-16-10-9-11-21(24)17-18-25(27)31(35)29(26)32-30(20(2)36-31,22-12-5-3-6-13-22)23-14-7-4-8-15-23/h3-18,20,34-35H,1-2H3. The van der Waals surface area contributed by atoms with Gasteiger partial charge in [-0.2, -0.15) is 0 Å². The minimum absolute atomic E-state index is 0.0149. The van der Waals surface area contributed by atoms with Crippen LogP contribution in [0.5, 0.6) is 0 Å². The zero-order valence-electron chi connectivity index (χ0n) is 20.0. The minimum atomic E-state index is -2.01. The molecule has 2 N–H and O–H groups in total. The second kappa shape index (κ2) is 7.98. The van der Waals surface area contributed by atoms with E-state index in [1.165, 1.54) is 6.92 Å². The summed E-state index contributed by atoms with van der Waals surface area (Å²) in [6, 6.07) is 30.6. The first-order valence-corrected chi connectivity index (χ1v) is 12.0. The van der Waals surface area contributed by atoms with Crippen LogP contribution < -0.4 is 0 Å². The van der Waals surface area contributed by atoms with Crippen molar-refractivity contribution in [1.29, 1.82) is 0 Å². The maximum Gasteiger partial charge on any atom is 0.238 e. The van der Waals surface area contributed by atoms with Gasteiger partial charge < -0.3 is 14.9 Å². The number of fused-ring (bicyclic) bond motifs is 5. The number of Topliss-reactive ketones (excluding diaryl/α,β-unsaturated/α-hetero) is 1. The molecule has 0 bridgehead atoms. The van der Waals surface area contributed by atoms with Crippen molar-refractivity contribution in [1.82, 2.24) is 0 Å². The first-order valence-electron chi connectivity index (χ1n) is 12.0. The van der Waals surface area contributed by atoms with Gasteiger partial charge in [-0.05, 0) is 35.7 Å². The van der Waals surface area contributed by atoms with E-state index in [0.717, 1.165) is 21.9 Å². The van der Waals surface area contributed by atoms with Crippen molar-refractivity contribution in [3.8, 4) is 0 Å². The lowest BCUT2D eigenvalue weighted by molar-refractivity contribution is -0.207. The smallest absolute Gasteiger partial charge is 0.238 e. The highest BCUT2D eigenvalue weighted by atomic mass is 16.6. The Morgan fingerprint density at radius 1 is 0.861 bits per heavy atom. The number of hydrogen-bond acceptors (Lipinski definition) is 5. The molecule has 0 saturated carbocycles. The third-order valence-electron chi connectivity index (χ3n) is 7.33. The Bertz CT molecular complexity index is 1530. The van der Waals surface area contributed by atoms with Crippen LogP contribution in [-0.2, 0) is 20.9 Å². The fourth-order valence-corrected chi connectivity index (χ4v) is 5.69. The predicted octanol–water partition coefficient (Wildman–Crippen LogP) is 5.66. The Morgan fingerprint density at radius 3 is 2.06 bits per heavy atom. The van der Waals surface area contributed by atoms with Gasteiger partial charge in [-0.3, -0.25) is 9.79 Å². The van der Waals surface area contributed by atoms with Gasteiger partial charge in [0, 0.05) is 11.1 Å². The summed E-state index contributed by atoms with van der Waals surface area (Å²) in [5.41, 5.74) is 1.38. The second-order valence-corrected chi connectivity index (χ2v) is 9.35. The maximum absolute atomic E-state index is 13.1. The van der Waals surface area contributed by atoms with E-state index in [9.17, 15) is 15.0 Å². The highest BCUT2D eigenvalue weighted by Gasteiger charge is 2.57. The van der Waals surface area contributed by atoms with Crippen LogP contribution in [-0.4, -0.2) is 27.8 Å². The van der Waals surface area contributed by atoms with Crippen LogP contribution in [0.25, 0.3) is 16.5 Å². The molecule has 0 radical (unpaired) electrons. The van der Waals surface area contributed by atoms with Crippen molar-refractivity contribution in [2.45, 2.75) is 31.3 Å². The molecular weight excluding hydrogens is 450 g/mol. The Hall–Kier alpha value is -4.06. The summed E-state index contributed by atoms with van der Waals surface area (Å²) in [5.74, 6) is -2.62. The van der Waals surface area contributed by atoms with Gasteiger partial charge >= 0.3 is 0 Å². The van der Waals surface area contributed by atoms with Crippen LogP contribution in [0.2, 0.25) is 0 Å². The minimum Gasteiger partial charge on any atom is -0.506 e. The first-order chi connectivity index (χ1) is 17.4. The molecule has 1 heterocycles. The van der Waals surface area contributed by atoms with Gasteiger partial charge in [0.05, 0.1) is 11.7 Å². The van der Waals surface area contributed by atoms with Gasteiger partial charge in [0.15, 0.2) is 5.78 Å². The number of carbonyl (C=O) groups excluding carboxylic acids is 1. The fraction of sp³-hybridized carbons (Fsp3) is 0.161. The van der Waals surface area contributed by atoms with Crippen LogP contribution in [0.4, 0.5) is 0 Å². The van der Waals surface area contributed by atoms with Crippen molar-refractivity contribution in [2.75, 3.05) is 0 Å². The lowest BCUT2D eigenvalue weighted by Crippen LogP contribution is -2.56. The van der Waals surface area contributed by atoms with E-state index < -0.39 is 23.2 Å². The first kappa shape index (κ1) is 22.4. The quantitative estimate of drug-likeness (QED) is 0.401. The highest BCUT2D eigenvalue weighted by molar-refractivity contribution is 6.31. The molecule has 0 fully saturated rings. The Kier molecular flexibility index (Phi) is 4.97. The fourth-order valence-electron chi connectivity index (χ4n) is 5.69. The van der Waals surface area contributed by atoms with Crippen molar-refractivity contribution in [3.05, 3.63) is 125 Å². The second-order valence-electron chi connectivity index (χ2n) is 9.35. The molecule has 0 amide bonds. The SMILES string of the molecule is CC(=O)C1=C(O)c2c(ccc3ccccc23)C2(O)OC(C)C(c3ccccc3)(c3ccccc3)N=C12. The van der Waals surface area contributed by atoms with Crippen LogP contribution >= 0.6 is 0 Å². The lowest BCUT2D eigenvalue weighted by Gasteiger charge is -2.48. The van der Waals surface area contributed by atoms with Crippen molar-refractivity contribution >= 4 is 28.0 Å². The normalized spacial score (nSPS) is 22.5. The topological polar surface area (TPSA) is 79.1 Å². The van der Waals surface area contributed by atoms with Crippen molar-refractivity contribution in [3.63, 3.8) is 0 Å². The molecule has 5 heteroatoms. The Labute approximate surface area is 209 Å². The monoisotopic (exact) mass is 475 g/mol. The molecule has 5 nitrogen and oxygen atoms in total. The number of nitrogens with zero attached hydrogens (tertiary/aromatic N) is 1. The zero-order chi connectivity index (χ0) is 25.1. The molecule has 1 aliphatic heterocycles. The van der Waals surface area contributed by atoms with Gasteiger partial charge in [-0.15, -0.1) is 0 Å². The van der Waals surface area contributed by atoms with Crippen LogP contribution in [0.1, 0.15) is 36.1 Å². The van der Waals surface area contributed by atoms with E-state index in [-0.39, 0.29) is 17.0 Å². The van der Waals surface area contributed by atoms with Gasteiger partial charge in [0.2, 0.25) is 5.79 Å². The molecule has 0 saturated heterocycles. The molecule has 4 aromatic carbocycles. The molecule has 6 rings (SSSR count). The molecular formula is C31H25NO4. The summed E-state index contributed by atoms with van der Waals surface area (Å²) in [5, 5.41) is 25.3. The van der Waals surface area contributed by atoms with Gasteiger partial charge in [0.25, 0.3) is 0 Å². The molecule has 178 valence electrons. The third kappa shape index (κ3) is 2.97. The van der Waals surface area contributed by atoms with Crippen LogP contribution in [0.3, 0.4) is 0 Å². The average Bonchev–Trinajstić information content (AvgIpc) is 2.90. The van der Waals surface area contributed by atoms with E-state index in [1.807, 2.05) is 97.9 Å². The van der Waals surface area contributed by atoms with Gasteiger partial charge in [-0.25, -0.2) is 0 Å². The summed E-state index contributed by atoms with van der Waals surface area (Å²) in [6.07, 6.45) is -0.621. The largest absolute Gasteiger partial charge is 0.506 e. The van der Waals surface area contributed by atoms with Crippen molar-refractivity contribution < 1.29 is 19.7 Å². The lowest BCUT2D eigenvalue weighted by atomic mass is 9.74. The molecule has 2 atom stereocenters. The van der Waals surface area contributed by atoms with E-state index >= 15 is 0 Å². The number of aliphatic imine (C=N–C) groups is 1. The Morgan fingerprint density at radius 2 is 1.44 bits per heavy atom. The number of ketones is 1. The number of aliphatic hydroxyl groups is 2. The number of hydrogen-bond donors (Lipinski definition) is 2. The summed E-state index contributed by atoms with van der Waals surface area (Å²) < 4.78 is 6.53. The predicted molar refractivity (Wildman–Crippen MR) is 140 cm³/mol. The summed E-state index contributed by atoms with van der Waals surface area (Å²) in [6.45, 7) is 3.25. The van der Waals surface area contributed by atoms with Gasteiger partial charge in [-0.1, -0.05) is 97.1 Å². The zero-order valence-corrected chi connectivity index (χ0v) is 20.0. The van der Waals surface area contributed by atoms with E-state index in [0.29, 0.717) is 11.1 Å². The number of rotatable bonds is 3. The third-order valence-corrected chi connectivity index (χ3v) is 7.33. The number of carbonyl (C=O) groups is 1. The number of aliphatic hydroxyl groups excluding tert-OH is 1. The summed E-state index contributed by atoms with van der Waals surface area (Å²) in [4.78, 5) is 18.2. The summed E-state index contributed by atoms with van der Waals surface area (Å²) >= 11 is 0. The van der Waals surface area contributed by atoms with Gasteiger partial charge in [0.1, 0.15) is 17.0 Å². The molecule has 36 heavy (non-hydrogen) atoms. The molecule has 4 aromatic rings. The van der Waals surface area contributed by atoms with E-state index in [2.05, 4.69) is 0 Å². The molecule has 2 unspecified atom stereocenters.